The fourth-order valence-corrected chi connectivity index (χ4v) is 2.19. The molecule has 1 aromatic heterocycles. The van der Waals surface area contributed by atoms with Gasteiger partial charge >= 0.3 is 0 Å². The first-order valence-corrected chi connectivity index (χ1v) is 7.21. The molecule has 0 bridgehead atoms. The predicted molar refractivity (Wildman–Crippen MR) is 88.4 cm³/mol. The number of carbonyl (C=O) groups excluding carboxylic acids is 1. The van der Waals surface area contributed by atoms with Gasteiger partial charge in [-0.2, -0.15) is 0 Å². The van der Waals surface area contributed by atoms with Gasteiger partial charge in [-0.15, -0.1) is 10.2 Å². The van der Waals surface area contributed by atoms with Crippen molar-refractivity contribution in [2.45, 2.75) is 0 Å². The molecule has 0 fully saturated rings. The highest BCUT2D eigenvalue weighted by atomic mass is 19.1. The van der Waals surface area contributed by atoms with Crippen LogP contribution in [-0.4, -0.2) is 23.2 Å². The van der Waals surface area contributed by atoms with Crippen LogP contribution in [-0.2, 0) is 0 Å². The molecule has 0 aliphatic carbocycles. The van der Waals surface area contributed by atoms with Gasteiger partial charge < -0.3 is 10.1 Å². The van der Waals surface area contributed by atoms with Gasteiger partial charge in [-0.25, -0.2) is 4.39 Å². The lowest BCUT2D eigenvalue weighted by Gasteiger charge is -2.08. The summed E-state index contributed by atoms with van der Waals surface area (Å²) in [6.07, 6.45) is 0. The number of halogens is 1. The zero-order chi connectivity index (χ0) is 16.9. The van der Waals surface area contributed by atoms with Crippen molar-refractivity contribution in [2.75, 3.05) is 12.4 Å². The third kappa shape index (κ3) is 3.38. The Balaban J connectivity index is 1.77. The van der Waals surface area contributed by atoms with E-state index < -0.39 is 5.82 Å². The van der Waals surface area contributed by atoms with Crippen molar-refractivity contribution >= 4 is 11.7 Å². The Morgan fingerprint density at radius 2 is 1.75 bits per heavy atom. The highest BCUT2D eigenvalue weighted by Gasteiger charge is 2.10. The van der Waals surface area contributed by atoms with E-state index in [1.165, 1.54) is 24.3 Å². The van der Waals surface area contributed by atoms with Crippen molar-refractivity contribution in [3.05, 3.63) is 72.0 Å². The Kier molecular flexibility index (Phi) is 4.47. The number of nitrogens with one attached hydrogen (secondary N) is 1. The summed E-state index contributed by atoms with van der Waals surface area (Å²) in [7, 11) is 1.59. The second-order valence-electron chi connectivity index (χ2n) is 4.97. The number of para-hydroxylation sites is 1. The highest BCUT2D eigenvalue weighted by molar-refractivity contribution is 6.03. The van der Waals surface area contributed by atoms with Crippen molar-refractivity contribution in [2.24, 2.45) is 0 Å². The topological polar surface area (TPSA) is 64.1 Å². The van der Waals surface area contributed by atoms with Gasteiger partial charge in [0.15, 0.2) is 5.82 Å². The lowest BCUT2D eigenvalue weighted by Crippen LogP contribution is -2.13. The maximum absolute atomic E-state index is 12.9. The summed E-state index contributed by atoms with van der Waals surface area (Å²) in [5.74, 6) is 0.222. The van der Waals surface area contributed by atoms with Crippen LogP contribution < -0.4 is 10.1 Å². The number of hydrogen-bond donors (Lipinski definition) is 1. The molecule has 0 saturated carbocycles. The minimum Gasteiger partial charge on any atom is -0.496 e. The first kappa shape index (κ1) is 15.6. The fourth-order valence-electron chi connectivity index (χ4n) is 2.19. The molecular weight excluding hydrogens is 309 g/mol. The van der Waals surface area contributed by atoms with Crippen LogP contribution in [0.4, 0.5) is 10.2 Å². The molecule has 5 nitrogen and oxygen atoms in total. The molecule has 2 aromatic carbocycles. The second-order valence-corrected chi connectivity index (χ2v) is 4.97. The third-order valence-electron chi connectivity index (χ3n) is 3.40. The van der Waals surface area contributed by atoms with E-state index in [2.05, 4.69) is 15.5 Å². The van der Waals surface area contributed by atoms with Crippen molar-refractivity contribution < 1.29 is 13.9 Å². The molecule has 0 spiro atoms. The van der Waals surface area contributed by atoms with E-state index in [9.17, 15) is 9.18 Å². The number of ether oxygens (including phenoxy) is 1. The molecule has 0 unspecified atom stereocenters. The molecule has 120 valence electrons. The standard InChI is InChI=1S/C18H14FN3O2/c1-24-16-5-3-2-4-14(16)15-10-11-17(22-21-15)20-18(23)12-6-8-13(19)9-7-12/h2-11H,1H3,(H,20,22,23). The van der Waals surface area contributed by atoms with Crippen LogP contribution in [0.25, 0.3) is 11.3 Å². The van der Waals surface area contributed by atoms with E-state index in [0.29, 0.717) is 22.8 Å². The number of carbonyl (C=O) groups is 1. The molecule has 0 radical (unpaired) electrons. The van der Waals surface area contributed by atoms with Gasteiger partial charge in [0.2, 0.25) is 0 Å². The largest absolute Gasteiger partial charge is 0.496 e. The van der Waals surface area contributed by atoms with Crippen LogP contribution in [0.15, 0.2) is 60.7 Å². The Morgan fingerprint density at radius 3 is 2.42 bits per heavy atom. The van der Waals surface area contributed by atoms with Crippen LogP contribution in [0.5, 0.6) is 5.75 Å². The van der Waals surface area contributed by atoms with E-state index in [0.717, 1.165) is 5.56 Å². The van der Waals surface area contributed by atoms with Crippen molar-refractivity contribution in [3.63, 3.8) is 0 Å². The zero-order valence-corrected chi connectivity index (χ0v) is 12.9. The van der Waals surface area contributed by atoms with Gasteiger partial charge in [0, 0.05) is 11.1 Å². The summed E-state index contributed by atoms with van der Waals surface area (Å²) >= 11 is 0. The van der Waals surface area contributed by atoms with Crippen molar-refractivity contribution in [3.8, 4) is 17.0 Å². The molecule has 0 aliphatic rings. The van der Waals surface area contributed by atoms with E-state index in [1.807, 2.05) is 24.3 Å². The van der Waals surface area contributed by atoms with Crippen LogP contribution in [0.3, 0.4) is 0 Å². The lowest BCUT2D eigenvalue weighted by molar-refractivity contribution is 0.102. The number of anilines is 1. The van der Waals surface area contributed by atoms with Crippen LogP contribution >= 0.6 is 0 Å². The van der Waals surface area contributed by atoms with Gasteiger partial charge in [-0.1, -0.05) is 12.1 Å². The summed E-state index contributed by atoms with van der Waals surface area (Å²) in [4.78, 5) is 12.1. The minimum atomic E-state index is -0.396. The van der Waals surface area contributed by atoms with Gasteiger partial charge in [0.1, 0.15) is 11.6 Å². The van der Waals surface area contributed by atoms with Crippen LogP contribution in [0, 0.1) is 5.82 Å². The first-order valence-electron chi connectivity index (χ1n) is 7.21. The molecular formula is C18H14FN3O2. The van der Waals surface area contributed by atoms with Crippen molar-refractivity contribution in [1.82, 2.24) is 10.2 Å². The second kappa shape index (κ2) is 6.87. The molecule has 6 heteroatoms. The molecule has 3 rings (SSSR count). The monoisotopic (exact) mass is 323 g/mol. The van der Waals surface area contributed by atoms with E-state index in [-0.39, 0.29) is 5.91 Å². The minimum absolute atomic E-state index is 0.308. The molecule has 24 heavy (non-hydrogen) atoms. The molecule has 0 aliphatic heterocycles. The quantitative estimate of drug-likeness (QED) is 0.797. The number of nitrogens with zero attached hydrogens (tertiary/aromatic N) is 2. The highest BCUT2D eigenvalue weighted by Crippen LogP contribution is 2.27. The fraction of sp³-hybridized carbons (Fsp3) is 0.0556. The first-order chi connectivity index (χ1) is 11.7. The van der Waals surface area contributed by atoms with Crippen LogP contribution in [0.1, 0.15) is 10.4 Å². The SMILES string of the molecule is COc1ccccc1-c1ccc(NC(=O)c2ccc(F)cc2)nn1. The smallest absolute Gasteiger partial charge is 0.256 e. The number of benzene rings is 2. The van der Waals surface area contributed by atoms with Crippen molar-refractivity contribution in [1.29, 1.82) is 0 Å². The van der Waals surface area contributed by atoms with E-state index in [4.69, 9.17) is 4.74 Å². The number of amides is 1. The number of aromatic nitrogens is 2. The van der Waals surface area contributed by atoms with E-state index >= 15 is 0 Å². The Labute approximate surface area is 138 Å². The van der Waals surface area contributed by atoms with Gasteiger partial charge in [-0.3, -0.25) is 4.79 Å². The van der Waals surface area contributed by atoms with Gasteiger partial charge in [-0.05, 0) is 48.5 Å². The summed E-state index contributed by atoms with van der Waals surface area (Å²) < 4.78 is 18.2. The molecule has 0 atom stereocenters. The van der Waals surface area contributed by atoms with Crippen LogP contribution in [0.2, 0.25) is 0 Å². The maximum atomic E-state index is 12.9. The summed E-state index contributed by atoms with van der Waals surface area (Å²) in [6.45, 7) is 0. The predicted octanol–water partition coefficient (Wildman–Crippen LogP) is 3.54. The Hall–Kier alpha value is -3.28. The average Bonchev–Trinajstić information content (AvgIpc) is 2.63. The summed E-state index contributed by atoms with van der Waals surface area (Å²) in [6, 6.07) is 16.1. The molecule has 3 aromatic rings. The lowest BCUT2D eigenvalue weighted by atomic mass is 10.1. The van der Waals surface area contributed by atoms with E-state index in [1.54, 1.807) is 19.2 Å². The molecule has 1 amide bonds. The molecule has 1 N–H and O–H groups in total. The third-order valence-corrected chi connectivity index (χ3v) is 3.40. The molecule has 1 heterocycles. The number of methoxy groups -OCH3 is 1. The normalized spacial score (nSPS) is 10.2. The summed E-state index contributed by atoms with van der Waals surface area (Å²) in [5, 5.41) is 10.7. The Bertz CT molecular complexity index is 849. The maximum Gasteiger partial charge on any atom is 0.256 e. The number of hydrogen-bond acceptors (Lipinski definition) is 4. The Morgan fingerprint density at radius 1 is 1.00 bits per heavy atom. The van der Waals surface area contributed by atoms with Gasteiger partial charge in [0.05, 0.1) is 12.8 Å². The molecule has 0 saturated heterocycles. The number of rotatable bonds is 4. The summed E-state index contributed by atoms with van der Waals surface area (Å²) in [5.41, 5.74) is 1.78. The zero-order valence-electron chi connectivity index (χ0n) is 12.9. The van der Waals surface area contributed by atoms with Gasteiger partial charge in [0.25, 0.3) is 5.91 Å². The average molecular weight is 323 g/mol.